The maximum atomic E-state index is 11.8. The number of H-pyrrole nitrogens is 1. The molecule has 0 bridgehead atoms. The van der Waals surface area contributed by atoms with Crippen molar-refractivity contribution in [3.8, 4) is 0 Å². The molecular weight excluding hydrogens is 232 g/mol. The van der Waals surface area contributed by atoms with Crippen molar-refractivity contribution in [1.29, 1.82) is 0 Å². The van der Waals surface area contributed by atoms with Crippen LogP contribution in [0, 0.1) is 6.92 Å². The summed E-state index contributed by atoms with van der Waals surface area (Å²) < 4.78 is 0. The minimum absolute atomic E-state index is 0.234. The molecule has 3 rings (SSSR count). The summed E-state index contributed by atoms with van der Waals surface area (Å²) in [6, 6.07) is 1.49. The number of nitrogens with one attached hydrogen (secondary N) is 2. The van der Waals surface area contributed by atoms with Crippen molar-refractivity contribution in [2.24, 2.45) is 0 Å². The van der Waals surface area contributed by atoms with Crippen molar-refractivity contribution in [2.45, 2.75) is 13.3 Å². The zero-order valence-corrected chi connectivity index (χ0v) is 9.86. The van der Waals surface area contributed by atoms with Gasteiger partial charge in [-0.25, -0.2) is 4.79 Å². The van der Waals surface area contributed by atoms with Crippen LogP contribution in [0.15, 0.2) is 18.5 Å². The largest absolute Gasteiger partial charge is 0.360 e. The predicted molar refractivity (Wildman–Crippen MR) is 66.3 cm³/mol. The molecule has 2 N–H and O–H groups in total. The highest BCUT2D eigenvalue weighted by molar-refractivity contribution is 6.06. The standard InChI is InChI=1S/C12H12N4O2/c1-7-9(6-14-8-2-4-13-11(7)8)16-5-3-10(17)15-12(16)18/h2,4,6,13H,3,5H2,1H3,(H,15,17,18). The van der Waals surface area contributed by atoms with Gasteiger partial charge >= 0.3 is 6.03 Å². The lowest BCUT2D eigenvalue weighted by Crippen LogP contribution is -2.49. The van der Waals surface area contributed by atoms with Gasteiger partial charge in [-0.3, -0.25) is 20.0 Å². The summed E-state index contributed by atoms with van der Waals surface area (Å²) >= 11 is 0. The third kappa shape index (κ3) is 1.54. The summed E-state index contributed by atoms with van der Waals surface area (Å²) in [5.41, 5.74) is 3.46. The highest BCUT2D eigenvalue weighted by atomic mass is 16.2. The maximum Gasteiger partial charge on any atom is 0.328 e. The SMILES string of the molecule is Cc1c(N2CCC(=O)NC2=O)cnc2cc[nH]c12. The topological polar surface area (TPSA) is 78.1 Å². The third-order valence-corrected chi connectivity index (χ3v) is 3.15. The number of carbonyl (C=O) groups is 2. The van der Waals surface area contributed by atoms with Crippen LogP contribution in [0.3, 0.4) is 0 Å². The van der Waals surface area contributed by atoms with E-state index in [-0.39, 0.29) is 11.9 Å². The Morgan fingerprint density at radius 3 is 3.00 bits per heavy atom. The molecular formula is C12H12N4O2. The third-order valence-electron chi connectivity index (χ3n) is 3.15. The molecule has 92 valence electrons. The van der Waals surface area contributed by atoms with Gasteiger partial charge in [-0.05, 0) is 13.0 Å². The van der Waals surface area contributed by atoms with Crippen molar-refractivity contribution in [3.63, 3.8) is 0 Å². The number of urea groups is 1. The van der Waals surface area contributed by atoms with Crippen LogP contribution < -0.4 is 10.2 Å². The number of aromatic nitrogens is 2. The van der Waals surface area contributed by atoms with Crippen molar-refractivity contribution >= 4 is 28.7 Å². The Morgan fingerprint density at radius 1 is 1.39 bits per heavy atom. The van der Waals surface area contributed by atoms with Gasteiger partial charge in [0.15, 0.2) is 0 Å². The quantitative estimate of drug-likeness (QED) is 0.794. The fourth-order valence-corrected chi connectivity index (χ4v) is 2.19. The van der Waals surface area contributed by atoms with Crippen molar-refractivity contribution in [3.05, 3.63) is 24.0 Å². The van der Waals surface area contributed by atoms with Gasteiger partial charge in [0.1, 0.15) is 0 Å². The van der Waals surface area contributed by atoms with E-state index < -0.39 is 0 Å². The minimum Gasteiger partial charge on any atom is -0.360 e. The van der Waals surface area contributed by atoms with Gasteiger partial charge < -0.3 is 4.98 Å². The summed E-state index contributed by atoms with van der Waals surface area (Å²) in [6.07, 6.45) is 3.79. The number of nitrogens with zero attached hydrogens (tertiary/aromatic N) is 2. The van der Waals surface area contributed by atoms with E-state index in [1.807, 2.05) is 19.2 Å². The first-order chi connectivity index (χ1) is 8.66. The van der Waals surface area contributed by atoms with Gasteiger partial charge in [0.2, 0.25) is 5.91 Å². The lowest BCUT2D eigenvalue weighted by molar-refractivity contribution is -0.120. The summed E-state index contributed by atoms with van der Waals surface area (Å²) in [5.74, 6) is -0.234. The number of hydrogen-bond donors (Lipinski definition) is 2. The molecule has 6 nitrogen and oxygen atoms in total. The Kier molecular flexibility index (Phi) is 2.29. The van der Waals surface area contributed by atoms with Gasteiger partial charge in [-0.15, -0.1) is 0 Å². The van der Waals surface area contributed by atoms with Crippen LogP contribution in [0.5, 0.6) is 0 Å². The molecule has 0 spiro atoms. The van der Waals surface area contributed by atoms with Crippen molar-refractivity contribution < 1.29 is 9.59 Å². The number of hydrogen-bond acceptors (Lipinski definition) is 3. The van der Waals surface area contributed by atoms with E-state index in [2.05, 4.69) is 15.3 Å². The average molecular weight is 244 g/mol. The van der Waals surface area contributed by atoms with Gasteiger partial charge in [-0.1, -0.05) is 0 Å². The number of fused-ring (bicyclic) bond motifs is 1. The van der Waals surface area contributed by atoms with E-state index in [1.54, 1.807) is 11.1 Å². The van der Waals surface area contributed by atoms with Crippen LogP contribution in [-0.4, -0.2) is 28.5 Å². The molecule has 3 heterocycles. The van der Waals surface area contributed by atoms with Gasteiger partial charge in [0.05, 0.1) is 22.9 Å². The first-order valence-corrected chi connectivity index (χ1v) is 5.71. The number of anilines is 1. The predicted octanol–water partition coefficient (Wildman–Crippen LogP) is 1.32. The lowest BCUT2D eigenvalue weighted by atomic mass is 10.1. The zero-order valence-electron chi connectivity index (χ0n) is 9.86. The van der Waals surface area contributed by atoms with E-state index in [0.29, 0.717) is 13.0 Å². The Balaban J connectivity index is 2.06. The molecule has 0 unspecified atom stereocenters. The average Bonchev–Trinajstić information content (AvgIpc) is 2.80. The van der Waals surface area contributed by atoms with Crippen LogP contribution in [0.4, 0.5) is 10.5 Å². The van der Waals surface area contributed by atoms with Gasteiger partial charge in [-0.2, -0.15) is 0 Å². The molecule has 1 saturated heterocycles. The van der Waals surface area contributed by atoms with Crippen LogP contribution in [0.2, 0.25) is 0 Å². The Hall–Kier alpha value is -2.37. The number of rotatable bonds is 1. The van der Waals surface area contributed by atoms with Crippen LogP contribution >= 0.6 is 0 Å². The Labute approximate surface area is 103 Å². The second-order valence-corrected chi connectivity index (χ2v) is 4.26. The zero-order chi connectivity index (χ0) is 12.7. The molecule has 0 radical (unpaired) electrons. The number of aromatic amines is 1. The number of carbonyl (C=O) groups excluding carboxylic acids is 2. The van der Waals surface area contributed by atoms with Gasteiger partial charge in [0.25, 0.3) is 0 Å². The Morgan fingerprint density at radius 2 is 2.22 bits per heavy atom. The van der Waals surface area contributed by atoms with E-state index in [9.17, 15) is 9.59 Å². The molecule has 0 saturated carbocycles. The van der Waals surface area contributed by atoms with Crippen LogP contribution in [0.25, 0.3) is 11.0 Å². The number of imide groups is 1. The molecule has 18 heavy (non-hydrogen) atoms. The number of amides is 3. The number of pyridine rings is 1. The van der Waals surface area contributed by atoms with Crippen LogP contribution in [0.1, 0.15) is 12.0 Å². The second-order valence-electron chi connectivity index (χ2n) is 4.26. The van der Waals surface area contributed by atoms with E-state index >= 15 is 0 Å². The van der Waals surface area contributed by atoms with Crippen LogP contribution in [-0.2, 0) is 4.79 Å². The fraction of sp³-hybridized carbons (Fsp3) is 0.250. The molecule has 2 aromatic heterocycles. The summed E-state index contributed by atoms with van der Waals surface area (Å²) in [4.78, 5) is 31.9. The normalized spacial score (nSPS) is 16.2. The fourth-order valence-electron chi connectivity index (χ4n) is 2.19. The van der Waals surface area contributed by atoms with Crippen molar-refractivity contribution in [1.82, 2.24) is 15.3 Å². The van der Waals surface area contributed by atoms with E-state index in [4.69, 9.17) is 0 Å². The molecule has 0 aromatic carbocycles. The second kappa shape index (κ2) is 3.83. The smallest absolute Gasteiger partial charge is 0.328 e. The Bertz CT molecular complexity index is 647. The molecule has 3 amide bonds. The summed E-state index contributed by atoms with van der Waals surface area (Å²) in [7, 11) is 0. The number of aryl methyl sites for hydroxylation is 1. The molecule has 1 aliphatic heterocycles. The van der Waals surface area contributed by atoms with E-state index in [1.165, 1.54) is 0 Å². The molecule has 0 aliphatic carbocycles. The highest BCUT2D eigenvalue weighted by Crippen LogP contribution is 2.26. The molecule has 1 aliphatic rings. The molecule has 1 fully saturated rings. The van der Waals surface area contributed by atoms with E-state index in [0.717, 1.165) is 22.3 Å². The maximum absolute atomic E-state index is 11.8. The molecule has 0 atom stereocenters. The van der Waals surface area contributed by atoms with Gasteiger partial charge in [0, 0.05) is 24.7 Å². The molecule has 2 aromatic rings. The minimum atomic E-state index is -0.387. The van der Waals surface area contributed by atoms with Crippen molar-refractivity contribution in [2.75, 3.05) is 11.4 Å². The monoisotopic (exact) mass is 244 g/mol. The first-order valence-electron chi connectivity index (χ1n) is 5.71. The molecule has 6 heteroatoms. The highest BCUT2D eigenvalue weighted by Gasteiger charge is 2.26. The lowest BCUT2D eigenvalue weighted by Gasteiger charge is -2.27. The first kappa shape index (κ1) is 10.8. The summed E-state index contributed by atoms with van der Waals surface area (Å²) in [6.45, 7) is 2.32. The summed E-state index contributed by atoms with van der Waals surface area (Å²) in [5, 5.41) is 2.31.